The van der Waals surface area contributed by atoms with E-state index in [2.05, 4.69) is 0 Å². The highest BCUT2D eigenvalue weighted by atomic mass is 19.4. The van der Waals surface area contributed by atoms with Crippen molar-refractivity contribution in [2.24, 2.45) is 0 Å². The molecule has 0 bridgehead atoms. The van der Waals surface area contributed by atoms with Gasteiger partial charge in [0.2, 0.25) is 0 Å². The van der Waals surface area contributed by atoms with E-state index in [1.54, 1.807) is 0 Å². The number of phenolic OH excluding ortho intramolecular Hbond substituents is 1. The van der Waals surface area contributed by atoms with Gasteiger partial charge in [0.15, 0.2) is 0 Å². The van der Waals surface area contributed by atoms with Crippen molar-refractivity contribution < 1.29 is 23.4 Å². The van der Waals surface area contributed by atoms with Crippen LogP contribution in [0.3, 0.4) is 0 Å². The average molecular weight is 220 g/mol. The van der Waals surface area contributed by atoms with E-state index in [0.29, 0.717) is 6.07 Å². The third-order valence-corrected chi connectivity index (χ3v) is 1.91. The molecule has 0 amide bonds. The molecule has 1 aromatic rings. The van der Waals surface area contributed by atoms with Crippen LogP contribution in [0.1, 0.15) is 18.1 Å². The maximum Gasteiger partial charge on any atom is 0.416 e. The minimum atomic E-state index is -4.51. The Balaban J connectivity index is 3.15. The zero-order chi connectivity index (χ0) is 11.6. The lowest BCUT2D eigenvalue weighted by Gasteiger charge is -2.14. The highest BCUT2D eigenvalue weighted by molar-refractivity contribution is 5.37. The number of aromatic hydroxyl groups is 1. The van der Waals surface area contributed by atoms with Crippen molar-refractivity contribution in [2.45, 2.75) is 25.6 Å². The Bertz CT molecular complexity index is 345. The summed E-state index contributed by atoms with van der Waals surface area (Å²) < 4.78 is 37.5. The van der Waals surface area contributed by atoms with Crippen molar-refractivity contribution in [1.29, 1.82) is 0 Å². The maximum atomic E-state index is 12.5. The summed E-state index contributed by atoms with van der Waals surface area (Å²) in [4.78, 5) is 0. The van der Waals surface area contributed by atoms with Gasteiger partial charge in [-0.3, -0.25) is 0 Å². The molecule has 2 nitrogen and oxygen atoms in total. The molecular formula is C10H11F3O2. The van der Waals surface area contributed by atoms with Gasteiger partial charge in [0.25, 0.3) is 0 Å². The number of aliphatic hydroxyl groups is 1. The molecule has 0 heterocycles. The van der Waals surface area contributed by atoms with Crippen molar-refractivity contribution in [1.82, 2.24) is 0 Å². The first kappa shape index (κ1) is 11.8. The molecule has 0 fully saturated rings. The number of phenols is 1. The van der Waals surface area contributed by atoms with Gasteiger partial charge in [0.1, 0.15) is 5.75 Å². The summed E-state index contributed by atoms with van der Waals surface area (Å²) >= 11 is 0. The van der Waals surface area contributed by atoms with E-state index in [9.17, 15) is 13.2 Å². The predicted molar refractivity (Wildman–Crippen MR) is 48.5 cm³/mol. The molecule has 0 saturated heterocycles. The van der Waals surface area contributed by atoms with Crippen LogP contribution in [0.25, 0.3) is 0 Å². The fraction of sp³-hybridized carbons (Fsp3) is 0.400. The molecule has 0 aromatic heterocycles. The number of benzene rings is 1. The summed E-state index contributed by atoms with van der Waals surface area (Å²) in [6, 6.07) is 3.01. The molecule has 1 aromatic carbocycles. The number of hydrogen-bond acceptors (Lipinski definition) is 2. The molecule has 1 rings (SSSR count). The van der Waals surface area contributed by atoms with E-state index in [-0.39, 0.29) is 12.0 Å². The lowest BCUT2D eigenvalue weighted by atomic mass is 10.0. The molecule has 5 heteroatoms. The molecule has 0 aliphatic heterocycles. The quantitative estimate of drug-likeness (QED) is 0.803. The topological polar surface area (TPSA) is 40.5 Å². The van der Waals surface area contributed by atoms with Gasteiger partial charge in [-0.05, 0) is 31.0 Å². The van der Waals surface area contributed by atoms with Gasteiger partial charge in [-0.15, -0.1) is 0 Å². The Hall–Kier alpha value is -1.23. The zero-order valence-electron chi connectivity index (χ0n) is 8.04. The summed E-state index contributed by atoms with van der Waals surface area (Å²) in [6.07, 6.45) is -5.45. The molecule has 2 N–H and O–H groups in total. The average Bonchev–Trinajstić information content (AvgIpc) is 2.05. The van der Waals surface area contributed by atoms with E-state index in [0.717, 1.165) is 0 Å². The fourth-order valence-corrected chi connectivity index (χ4v) is 1.32. The van der Waals surface area contributed by atoms with Gasteiger partial charge in [-0.2, -0.15) is 13.2 Å². The highest BCUT2D eigenvalue weighted by Gasteiger charge is 2.33. The maximum absolute atomic E-state index is 12.5. The van der Waals surface area contributed by atoms with Gasteiger partial charge in [0.05, 0.1) is 11.7 Å². The number of halogens is 3. The van der Waals surface area contributed by atoms with Crippen LogP contribution < -0.4 is 0 Å². The first-order valence-electron chi connectivity index (χ1n) is 4.38. The second kappa shape index (κ2) is 4.10. The number of aliphatic hydroxyl groups excluding tert-OH is 1. The van der Waals surface area contributed by atoms with Crippen LogP contribution in [0, 0.1) is 0 Å². The van der Waals surface area contributed by atoms with Crippen LogP contribution in [-0.4, -0.2) is 16.3 Å². The smallest absolute Gasteiger partial charge is 0.416 e. The summed E-state index contributed by atoms with van der Waals surface area (Å²) in [6.45, 7) is 1.41. The normalized spacial score (nSPS) is 13.9. The zero-order valence-corrected chi connectivity index (χ0v) is 8.04. The van der Waals surface area contributed by atoms with Crippen LogP contribution in [-0.2, 0) is 12.6 Å². The van der Waals surface area contributed by atoms with Gasteiger partial charge >= 0.3 is 6.18 Å². The van der Waals surface area contributed by atoms with E-state index < -0.39 is 23.6 Å². The standard InChI is InChI=1S/C10H11F3O2/c1-6(14)4-7-2-3-8(15)5-9(7)10(11,12)13/h2-3,5-6,14-15H,4H2,1H3. The Morgan fingerprint density at radius 2 is 1.93 bits per heavy atom. The van der Waals surface area contributed by atoms with Crippen LogP contribution in [0.4, 0.5) is 13.2 Å². The first-order valence-corrected chi connectivity index (χ1v) is 4.38. The molecule has 0 aliphatic rings. The Morgan fingerprint density at radius 3 is 2.40 bits per heavy atom. The van der Waals surface area contributed by atoms with Crippen molar-refractivity contribution in [2.75, 3.05) is 0 Å². The molecular weight excluding hydrogens is 209 g/mol. The van der Waals surface area contributed by atoms with E-state index in [1.165, 1.54) is 19.1 Å². The third-order valence-electron chi connectivity index (χ3n) is 1.91. The lowest BCUT2D eigenvalue weighted by molar-refractivity contribution is -0.138. The van der Waals surface area contributed by atoms with Crippen molar-refractivity contribution in [3.63, 3.8) is 0 Å². The predicted octanol–water partition coefficient (Wildman–Crippen LogP) is 2.33. The third kappa shape index (κ3) is 3.13. The molecule has 0 radical (unpaired) electrons. The first-order chi connectivity index (χ1) is 6.80. The van der Waals surface area contributed by atoms with E-state index in [4.69, 9.17) is 10.2 Å². The van der Waals surface area contributed by atoms with Gasteiger partial charge < -0.3 is 10.2 Å². The Morgan fingerprint density at radius 1 is 1.33 bits per heavy atom. The summed E-state index contributed by atoms with van der Waals surface area (Å²) in [5.74, 6) is -0.434. The van der Waals surface area contributed by atoms with Gasteiger partial charge in [-0.1, -0.05) is 6.07 Å². The van der Waals surface area contributed by atoms with Crippen molar-refractivity contribution in [3.05, 3.63) is 29.3 Å². The van der Waals surface area contributed by atoms with Gasteiger partial charge in [0, 0.05) is 0 Å². The molecule has 1 unspecified atom stereocenters. The lowest BCUT2D eigenvalue weighted by Crippen LogP contribution is -2.13. The van der Waals surface area contributed by atoms with Crippen LogP contribution in [0.5, 0.6) is 5.75 Å². The summed E-state index contributed by atoms with van der Waals surface area (Å²) in [7, 11) is 0. The van der Waals surface area contributed by atoms with Crippen LogP contribution >= 0.6 is 0 Å². The SMILES string of the molecule is CC(O)Cc1ccc(O)cc1C(F)(F)F. The number of alkyl halides is 3. The van der Waals surface area contributed by atoms with Gasteiger partial charge in [-0.25, -0.2) is 0 Å². The number of rotatable bonds is 2. The van der Waals surface area contributed by atoms with Crippen molar-refractivity contribution in [3.8, 4) is 5.75 Å². The summed E-state index contributed by atoms with van der Waals surface area (Å²) in [5.41, 5.74) is -0.918. The molecule has 1 atom stereocenters. The van der Waals surface area contributed by atoms with E-state index in [1.807, 2.05) is 0 Å². The Labute approximate surface area is 85.0 Å². The molecule has 0 spiro atoms. The Kier molecular flexibility index (Phi) is 3.24. The molecule has 0 saturated carbocycles. The monoisotopic (exact) mass is 220 g/mol. The molecule has 15 heavy (non-hydrogen) atoms. The minimum Gasteiger partial charge on any atom is -0.508 e. The van der Waals surface area contributed by atoms with Crippen LogP contribution in [0.2, 0.25) is 0 Å². The molecule has 84 valence electrons. The second-order valence-corrected chi connectivity index (χ2v) is 3.39. The second-order valence-electron chi connectivity index (χ2n) is 3.39. The number of hydrogen-bond donors (Lipinski definition) is 2. The largest absolute Gasteiger partial charge is 0.508 e. The summed E-state index contributed by atoms with van der Waals surface area (Å²) in [5, 5.41) is 18.0. The van der Waals surface area contributed by atoms with E-state index >= 15 is 0 Å². The molecule has 0 aliphatic carbocycles. The fourth-order valence-electron chi connectivity index (χ4n) is 1.32. The van der Waals surface area contributed by atoms with Crippen molar-refractivity contribution >= 4 is 0 Å². The highest BCUT2D eigenvalue weighted by Crippen LogP contribution is 2.34. The van der Waals surface area contributed by atoms with Crippen LogP contribution in [0.15, 0.2) is 18.2 Å². The minimum absolute atomic E-state index is 0.0182.